The molecule has 7 heterocycles. The number of nitrogens with two attached hydrogens (primary N) is 2. The summed E-state index contributed by atoms with van der Waals surface area (Å²) in [4.78, 5) is 52.1. The number of aromatic nitrogens is 7. The van der Waals surface area contributed by atoms with Crippen molar-refractivity contribution in [2.45, 2.75) is 49.1 Å². The Bertz CT molecular complexity index is 1960. The topological polar surface area (TPSA) is 297 Å². The molecule has 3 aliphatic heterocycles. The van der Waals surface area contributed by atoms with Crippen LogP contribution in [0.4, 0.5) is 16.0 Å². The van der Waals surface area contributed by atoms with E-state index in [-0.39, 0.29) is 34.0 Å². The average molecular weight is 689 g/mol. The van der Waals surface area contributed by atoms with Crippen LogP contribution in [0.1, 0.15) is 12.5 Å². The van der Waals surface area contributed by atoms with E-state index in [2.05, 4.69) is 24.9 Å². The molecule has 4 aromatic heterocycles. The second-order valence-electron chi connectivity index (χ2n) is 10.6. The number of aromatic amines is 1. The molecule has 4 unspecified atom stereocenters. The monoisotopic (exact) mass is 689 g/mol. The van der Waals surface area contributed by atoms with Gasteiger partial charge in [-0.05, 0) is 6.07 Å². The van der Waals surface area contributed by atoms with Crippen molar-refractivity contribution in [1.29, 1.82) is 0 Å². The van der Waals surface area contributed by atoms with Crippen LogP contribution in [-0.4, -0.2) is 105 Å². The van der Waals surface area contributed by atoms with Gasteiger partial charge in [-0.2, -0.15) is 4.98 Å². The third kappa shape index (κ3) is 5.50. The second-order valence-corrected chi connectivity index (χ2v) is 13.8. The standard InChI is InChI=1S/C22H26FN9O12P2/c23-11-15-10(43-20(11)31-5-27-12-8(24)1-2-26-17(12)31)4-41-46(37,38)44-16-14(33)9(3-40-45(35,36)7-39-15)42-21(16)32-6-28-13-18(32)29-22(25)30-19(13)34/h1-2,5-6,9-11,14-16,20-21,33H,3-4,7H2,(H2,24,26)(H,35,36)(H,37,38)(H3,25,29,30,34)/t9-,10-,11+,14?,15?,16+,20-,21-/m1/s1. The molecule has 24 heteroatoms. The summed E-state index contributed by atoms with van der Waals surface area (Å²) in [5, 5.41) is 11.0. The number of hydrogen-bond acceptors (Lipinski definition) is 16. The molecule has 7 rings (SSSR count). The van der Waals surface area contributed by atoms with Gasteiger partial charge in [-0.1, -0.05) is 0 Å². The van der Waals surface area contributed by atoms with Crippen LogP contribution in [0, 0.1) is 0 Å². The highest BCUT2D eigenvalue weighted by Gasteiger charge is 2.53. The maximum atomic E-state index is 15.9. The van der Waals surface area contributed by atoms with Crippen molar-refractivity contribution in [2.24, 2.45) is 0 Å². The Morgan fingerprint density at radius 1 is 0.957 bits per heavy atom. The fraction of sp³-hybridized carbons (Fsp3) is 0.500. The van der Waals surface area contributed by atoms with Gasteiger partial charge in [0.1, 0.15) is 42.4 Å². The molecule has 2 bridgehead atoms. The Labute approximate surface area is 255 Å². The average Bonchev–Trinajstić information content (AvgIpc) is 3.75. The molecule has 8 N–H and O–H groups in total. The van der Waals surface area contributed by atoms with Crippen LogP contribution in [0.15, 0.2) is 29.7 Å². The first kappa shape index (κ1) is 31.2. The lowest BCUT2D eigenvalue weighted by molar-refractivity contribution is -0.0631. The molecule has 0 aromatic carbocycles. The molecule has 3 saturated heterocycles. The van der Waals surface area contributed by atoms with E-state index < -0.39 is 89.7 Å². The van der Waals surface area contributed by atoms with E-state index in [9.17, 15) is 28.8 Å². The Morgan fingerprint density at radius 3 is 2.43 bits per heavy atom. The van der Waals surface area contributed by atoms with Crippen molar-refractivity contribution in [3.05, 3.63) is 35.3 Å². The van der Waals surface area contributed by atoms with Gasteiger partial charge in [-0.3, -0.25) is 32.5 Å². The SMILES string of the molecule is Nc1nc2c(ncn2[C@@H]2O[C@@H]3COP(=O)(O)COC4[C@@H](COP(=O)(O)O[C@H]2C3O)O[C@@H](n2cnc3c(N)ccnc32)[C@H]4F)c(=O)[nH]1. The molecule has 4 aromatic rings. The number of imidazole rings is 2. The first-order chi connectivity index (χ1) is 21.8. The van der Waals surface area contributed by atoms with Crippen molar-refractivity contribution in [1.82, 2.24) is 34.1 Å². The molecular formula is C22H26FN9O12P2. The zero-order valence-corrected chi connectivity index (χ0v) is 25.0. The predicted molar refractivity (Wildman–Crippen MR) is 149 cm³/mol. The van der Waals surface area contributed by atoms with Gasteiger partial charge in [0.15, 0.2) is 35.4 Å². The number of alkyl halides is 1. The van der Waals surface area contributed by atoms with Crippen LogP contribution in [-0.2, 0) is 36.9 Å². The highest BCUT2D eigenvalue weighted by molar-refractivity contribution is 7.52. The van der Waals surface area contributed by atoms with E-state index in [0.717, 1.165) is 10.9 Å². The lowest BCUT2D eigenvalue weighted by Crippen LogP contribution is -2.37. The van der Waals surface area contributed by atoms with Crippen LogP contribution < -0.4 is 17.0 Å². The van der Waals surface area contributed by atoms with Crippen LogP contribution in [0.25, 0.3) is 22.3 Å². The normalized spacial score (nSPS) is 37.4. The van der Waals surface area contributed by atoms with Crippen LogP contribution in [0.5, 0.6) is 0 Å². The summed E-state index contributed by atoms with van der Waals surface area (Å²) in [5.41, 5.74) is 11.3. The van der Waals surface area contributed by atoms with E-state index in [1.807, 2.05) is 0 Å². The van der Waals surface area contributed by atoms with Crippen molar-refractivity contribution in [3.63, 3.8) is 0 Å². The maximum absolute atomic E-state index is 15.9. The number of hydrogen-bond donors (Lipinski definition) is 6. The first-order valence-electron chi connectivity index (χ1n) is 13.5. The van der Waals surface area contributed by atoms with Gasteiger partial charge in [-0.15, -0.1) is 0 Å². The second kappa shape index (κ2) is 11.4. The number of pyridine rings is 1. The predicted octanol–water partition coefficient (Wildman–Crippen LogP) is -0.717. The van der Waals surface area contributed by atoms with Gasteiger partial charge in [0, 0.05) is 6.20 Å². The number of nitrogen functional groups attached to an aromatic ring is 2. The van der Waals surface area contributed by atoms with Gasteiger partial charge in [-0.25, -0.2) is 23.9 Å². The summed E-state index contributed by atoms with van der Waals surface area (Å²) >= 11 is 0. The van der Waals surface area contributed by atoms with E-state index in [0.29, 0.717) is 0 Å². The Balaban J connectivity index is 1.20. The molecule has 3 fully saturated rings. The molecule has 0 radical (unpaired) electrons. The van der Waals surface area contributed by atoms with Crippen LogP contribution in [0.2, 0.25) is 0 Å². The van der Waals surface area contributed by atoms with E-state index in [1.165, 1.54) is 23.2 Å². The van der Waals surface area contributed by atoms with Crippen molar-refractivity contribution >= 4 is 49.4 Å². The van der Waals surface area contributed by atoms with Gasteiger partial charge in [0.05, 0.1) is 31.6 Å². The fourth-order valence-corrected chi connectivity index (χ4v) is 7.22. The maximum Gasteiger partial charge on any atom is 0.472 e. The summed E-state index contributed by atoms with van der Waals surface area (Å²) in [6, 6.07) is 1.50. The lowest BCUT2D eigenvalue weighted by atomic mass is 10.1. The number of halogens is 1. The molecular weight excluding hydrogens is 663 g/mol. The highest BCUT2D eigenvalue weighted by Crippen LogP contribution is 2.52. The van der Waals surface area contributed by atoms with Crippen LogP contribution >= 0.6 is 15.4 Å². The summed E-state index contributed by atoms with van der Waals surface area (Å²) in [5.74, 6) is -0.288. The van der Waals surface area contributed by atoms with Gasteiger partial charge >= 0.3 is 15.4 Å². The molecule has 0 aliphatic carbocycles. The molecule has 0 spiro atoms. The zero-order chi connectivity index (χ0) is 32.5. The smallest absolute Gasteiger partial charge is 0.397 e. The Morgan fingerprint density at radius 2 is 1.65 bits per heavy atom. The number of rotatable bonds is 2. The number of nitrogens with one attached hydrogen (secondary N) is 1. The van der Waals surface area contributed by atoms with Crippen molar-refractivity contribution < 1.29 is 56.2 Å². The Kier molecular flexibility index (Phi) is 7.73. The third-order valence-corrected chi connectivity index (χ3v) is 9.61. The van der Waals surface area contributed by atoms with Crippen molar-refractivity contribution in [3.8, 4) is 0 Å². The number of phosphoric ester groups is 1. The van der Waals surface area contributed by atoms with E-state index in [1.54, 1.807) is 0 Å². The number of H-pyrrole nitrogens is 1. The van der Waals surface area contributed by atoms with Gasteiger partial charge < -0.3 is 45.1 Å². The minimum Gasteiger partial charge on any atom is -0.397 e. The van der Waals surface area contributed by atoms with Crippen LogP contribution in [0.3, 0.4) is 0 Å². The molecule has 3 aliphatic rings. The van der Waals surface area contributed by atoms with Gasteiger partial charge in [0.2, 0.25) is 5.95 Å². The molecule has 10 atom stereocenters. The number of nitrogens with zero attached hydrogens (tertiary/aromatic N) is 6. The summed E-state index contributed by atoms with van der Waals surface area (Å²) in [6.07, 6.45) is -10.4. The minimum atomic E-state index is -5.12. The quantitative estimate of drug-likeness (QED) is 0.142. The minimum absolute atomic E-state index is 0.132. The summed E-state index contributed by atoms with van der Waals surface area (Å²) in [7, 11) is -9.77. The number of aliphatic hydroxyl groups excluding tert-OH is 1. The fourth-order valence-electron chi connectivity index (χ4n) is 5.47. The first-order valence-corrected chi connectivity index (χ1v) is 16.7. The number of aliphatic hydroxyl groups is 1. The van der Waals surface area contributed by atoms with E-state index in [4.69, 9.17) is 39.2 Å². The zero-order valence-electron chi connectivity index (χ0n) is 23.2. The molecule has 0 amide bonds. The lowest BCUT2D eigenvalue weighted by Gasteiger charge is -2.26. The third-order valence-electron chi connectivity index (χ3n) is 7.60. The van der Waals surface area contributed by atoms with Crippen molar-refractivity contribution in [2.75, 3.05) is 31.0 Å². The summed E-state index contributed by atoms with van der Waals surface area (Å²) < 4.78 is 77.1. The Hall–Kier alpha value is -3.40. The molecule has 248 valence electrons. The van der Waals surface area contributed by atoms with Gasteiger partial charge in [0.25, 0.3) is 5.56 Å². The van der Waals surface area contributed by atoms with E-state index >= 15 is 4.39 Å². The highest BCUT2D eigenvalue weighted by atomic mass is 31.2. The number of phosphoric acid groups is 1. The molecule has 21 nitrogen and oxygen atoms in total. The number of anilines is 2. The number of fused-ring (bicyclic) bond motifs is 5. The largest absolute Gasteiger partial charge is 0.472 e. The molecule has 0 saturated carbocycles. The number of ether oxygens (including phenoxy) is 3. The molecule has 46 heavy (non-hydrogen) atoms. The summed E-state index contributed by atoms with van der Waals surface area (Å²) in [6.45, 7) is -1.58.